The summed E-state index contributed by atoms with van der Waals surface area (Å²) in [6.45, 7) is 8.85. The number of nitrogens with zero attached hydrogens (tertiary/aromatic N) is 2. The summed E-state index contributed by atoms with van der Waals surface area (Å²) in [7, 11) is 1.62. The molecule has 0 aliphatic heterocycles. The molecular formula is C28H30F3N3O2. The Morgan fingerprint density at radius 1 is 1.31 bits per heavy atom. The van der Waals surface area contributed by atoms with E-state index in [1.807, 2.05) is 25.2 Å². The van der Waals surface area contributed by atoms with Gasteiger partial charge in [-0.3, -0.25) is 4.79 Å². The van der Waals surface area contributed by atoms with Crippen LogP contribution in [0.2, 0.25) is 0 Å². The zero-order valence-corrected chi connectivity index (χ0v) is 20.9. The first kappa shape index (κ1) is 28.2. The Hall–Kier alpha value is -3.99. The maximum Gasteiger partial charge on any atom is 0.416 e. The van der Waals surface area contributed by atoms with E-state index in [1.54, 1.807) is 20.0 Å². The van der Waals surface area contributed by atoms with E-state index >= 15 is 0 Å². The van der Waals surface area contributed by atoms with Crippen LogP contribution in [-0.4, -0.2) is 34.2 Å². The minimum absolute atomic E-state index is 0.0576. The number of halogens is 3. The van der Waals surface area contributed by atoms with Crippen molar-refractivity contribution >= 4 is 23.6 Å². The summed E-state index contributed by atoms with van der Waals surface area (Å²) in [5, 5.41) is 5.23. The first-order valence-corrected chi connectivity index (χ1v) is 11.2. The van der Waals surface area contributed by atoms with Crippen molar-refractivity contribution in [1.82, 2.24) is 15.0 Å². The number of likely N-dealkylation sites (N-methyl/N-ethyl adjacent to an activating group) is 1. The van der Waals surface area contributed by atoms with Crippen molar-refractivity contribution in [2.75, 3.05) is 7.05 Å². The van der Waals surface area contributed by atoms with E-state index in [4.69, 9.17) is 4.52 Å². The number of nitrogens with one attached hydrogen (secondary N) is 1. The van der Waals surface area contributed by atoms with Crippen molar-refractivity contribution < 1.29 is 22.5 Å². The third-order valence-electron chi connectivity index (χ3n) is 5.57. The fourth-order valence-electron chi connectivity index (χ4n) is 3.96. The van der Waals surface area contributed by atoms with Crippen LogP contribution < -0.4 is 10.6 Å². The molecule has 3 rings (SSSR count). The minimum atomic E-state index is -4.57. The molecule has 1 amide bonds. The van der Waals surface area contributed by atoms with Gasteiger partial charge in [0.05, 0.1) is 29.9 Å². The number of fused-ring (bicyclic) bond motifs is 1. The Labute approximate surface area is 209 Å². The third kappa shape index (κ3) is 6.57. The van der Waals surface area contributed by atoms with Crippen molar-refractivity contribution in [2.45, 2.75) is 46.3 Å². The van der Waals surface area contributed by atoms with Crippen molar-refractivity contribution in [2.24, 2.45) is 0 Å². The van der Waals surface area contributed by atoms with Crippen LogP contribution in [-0.2, 0) is 17.8 Å². The first-order valence-electron chi connectivity index (χ1n) is 11.2. The van der Waals surface area contributed by atoms with Crippen LogP contribution in [0, 0.1) is 19.8 Å². The van der Waals surface area contributed by atoms with E-state index in [0.717, 1.165) is 11.6 Å². The monoisotopic (exact) mass is 497 g/mol. The van der Waals surface area contributed by atoms with E-state index in [2.05, 4.69) is 29.6 Å². The second-order valence-corrected chi connectivity index (χ2v) is 8.22. The summed E-state index contributed by atoms with van der Waals surface area (Å²) >= 11 is 0. The molecule has 0 radical (unpaired) electrons. The topological polar surface area (TPSA) is 62.1 Å². The largest absolute Gasteiger partial charge is 0.416 e. The van der Waals surface area contributed by atoms with Crippen molar-refractivity contribution in [3.63, 3.8) is 0 Å². The normalized spacial score (nSPS) is 13.8. The Kier molecular flexibility index (Phi) is 9.51. The second kappa shape index (κ2) is 12.1. The number of hydrogen-bond acceptors (Lipinski definition) is 3. The zero-order chi connectivity index (χ0) is 27.0. The molecule has 36 heavy (non-hydrogen) atoms. The van der Waals surface area contributed by atoms with Crippen LogP contribution in [0.3, 0.4) is 0 Å². The number of allylic oxidation sites excluding steroid dienone is 7. The standard InChI is InChI=1S/C26H28F3N3O2.C2H2/c1-6-9-19(22(7-2)26(27,28)29)25-21(20-12-16(3)10-8-11-23(20)30-25)14-24(33)32(5)15-18-13-17(4)31-34-18;1-2/h6-7,9-13,30H,1,8,14-15H2,2-5H3;1-2H/b19-9+,22-7+;. The number of aromatic nitrogens is 2. The number of aryl methyl sites for hydroxylation is 1. The van der Waals surface area contributed by atoms with Gasteiger partial charge in [-0.2, -0.15) is 13.2 Å². The van der Waals surface area contributed by atoms with E-state index in [9.17, 15) is 18.0 Å². The summed E-state index contributed by atoms with van der Waals surface area (Å²) in [6, 6.07) is 1.74. The number of amides is 1. The summed E-state index contributed by atoms with van der Waals surface area (Å²) in [5.41, 5.74) is 1.58. The lowest BCUT2D eigenvalue weighted by Crippen LogP contribution is -2.31. The molecule has 0 bridgehead atoms. The quantitative estimate of drug-likeness (QED) is 0.444. The predicted molar refractivity (Wildman–Crippen MR) is 137 cm³/mol. The Morgan fingerprint density at radius 2 is 2.00 bits per heavy atom. The Morgan fingerprint density at radius 3 is 2.56 bits per heavy atom. The van der Waals surface area contributed by atoms with Gasteiger partial charge in [0.2, 0.25) is 5.91 Å². The number of aromatic amines is 1. The molecule has 0 aromatic carbocycles. The molecule has 0 saturated heterocycles. The highest BCUT2D eigenvalue weighted by Gasteiger charge is 2.37. The molecule has 0 atom stereocenters. The highest BCUT2D eigenvalue weighted by Crippen LogP contribution is 2.36. The lowest BCUT2D eigenvalue weighted by Gasteiger charge is -2.18. The fraction of sp³-hybridized carbons (Fsp3) is 0.286. The SMILES string of the molecule is C#C.C=C/C=C(\C(=C/C)C(F)(F)F)c1[nH]c2c(c1CC(=O)N(C)Cc1cc(C)no1)=CC(C)=CCC=2. The van der Waals surface area contributed by atoms with E-state index in [-0.39, 0.29) is 30.1 Å². The van der Waals surface area contributed by atoms with E-state index < -0.39 is 11.7 Å². The molecule has 1 aliphatic carbocycles. The third-order valence-corrected chi connectivity index (χ3v) is 5.57. The summed E-state index contributed by atoms with van der Waals surface area (Å²) in [6.07, 6.45) is 13.5. The molecule has 2 aromatic heterocycles. The van der Waals surface area contributed by atoms with E-state index in [1.165, 1.54) is 24.0 Å². The van der Waals surface area contributed by atoms with Gasteiger partial charge < -0.3 is 14.4 Å². The van der Waals surface area contributed by atoms with Crippen LogP contribution in [0.25, 0.3) is 17.7 Å². The van der Waals surface area contributed by atoms with Gasteiger partial charge >= 0.3 is 6.18 Å². The fourth-order valence-corrected chi connectivity index (χ4v) is 3.96. The molecule has 5 nitrogen and oxygen atoms in total. The lowest BCUT2D eigenvalue weighted by molar-refractivity contribution is -0.130. The van der Waals surface area contributed by atoms with Crippen molar-refractivity contribution in [3.8, 4) is 12.8 Å². The Bertz CT molecular complexity index is 1350. The second-order valence-electron chi connectivity index (χ2n) is 8.22. The Balaban J connectivity index is 0.00000222. The number of carbonyl (C=O) groups excluding carboxylic acids is 1. The van der Waals surface area contributed by atoms with Crippen molar-refractivity contribution in [1.29, 1.82) is 0 Å². The van der Waals surface area contributed by atoms with Crippen LogP contribution >= 0.6 is 0 Å². The molecular weight excluding hydrogens is 467 g/mol. The number of hydrogen-bond donors (Lipinski definition) is 1. The maximum atomic E-state index is 13.9. The van der Waals surface area contributed by atoms with Gasteiger partial charge in [-0.1, -0.05) is 47.7 Å². The number of alkyl halides is 3. The summed E-state index contributed by atoms with van der Waals surface area (Å²) < 4.78 is 46.8. The predicted octanol–water partition coefficient (Wildman–Crippen LogP) is 4.75. The van der Waals surface area contributed by atoms with Gasteiger partial charge in [0.25, 0.3) is 0 Å². The average Bonchev–Trinajstić information content (AvgIpc) is 3.31. The van der Waals surface area contributed by atoms with Crippen LogP contribution in [0.4, 0.5) is 13.2 Å². The minimum Gasteiger partial charge on any atom is -0.359 e. The van der Waals surface area contributed by atoms with Gasteiger partial charge in [0.15, 0.2) is 5.76 Å². The van der Waals surface area contributed by atoms with E-state index in [0.29, 0.717) is 34.0 Å². The molecule has 1 N–H and O–H groups in total. The average molecular weight is 498 g/mol. The first-order chi connectivity index (χ1) is 17.0. The molecule has 8 heteroatoms. The van der Waals surface area contributed by atoms with Crippen LogP contribution in [0.1, 0.15) is 43.0 Å². The molecule has 190 valence electrons. The summed E-state index contributed by atoms with van der Waals surface area (Å²) in [5.74, 6) is 0.268. The maximum absolute atomic E-state index is 13.9. The number of rotatable bonds is 7. The molecule has 0 unspecified atom stereocenters. The molecule has 2 aromatic rings. The smallest absolute Gasteiger partial charge is 0.359 e. The molecule has 0 saturated carbocycles. The summed E-state index contributed by atoms with van der Waals surface area (Å²) in [4.78, 5) is 17.8. The van der Waals surface area contributed by atoms with Gasteiger partial charge in [0.1, 0.15) is 0 Å². The van der Waals surface area contributed by atoms with Crippen LogP contribution in [0.5, 0.6) is 0 Å². The van der Waals surface area contributed by atoms with Gasteiger partial charge in [-0.05, 0) is 38.8 Å². The number of H-pyrrole nitrogens is 1. The molecule has 1 aliphatic rings. The van der Waals surface area contributed by atoms with Crippen LogP contribution in [0.15, 0.2) is 52.6 Å². The zero-order valence-electron chi connectivity index (χ0n) is 20.9. The van der Waals surface area contributed by atoms with Crippen molar-refractivity contribution in [3.05, 3.63) is 81.4 Å². The van der Waals surface area contributed by atoms with Gasteiger partial charge in [-0.25, -0.2) is 0 Å². The number of carbonyl (C=O) groups is 1. The molecule has 2 heterocycles. The lowest BCUT2D eigenvalue weighted by atomic mass is 9.96. The van der Waals surface area contributed by atoms with Gasteiger partial charge in [0, 0.05) is 29.3 Å². The number of terminal acetylenes is 1. The highest BCUT2D eigenvalue weighted by molar-refractivity contribution is 5.86. The highest BCUT2D eigenvalue weighted by atomic mass is 19.4. The molecule has 0 fully saturated rings. The molecule has 0 spiro atoms. The van der Waals surface area contributed by atoms with Gasteiger partial charge in [-0.15, -0.1) is 12.8 Å².